The van der Waals surface area contributed by atoms with Crippen molar-refractivity contribution in [2.75, 3.05) is 25.4 Å². The molecule has 182 valence electrons. The maximum Gasteiger partial charge on any atom is 0.416 e. The molecule has 1 aromatic heterocycles. The Morgan fingerprint density at radius 2 is 1.88 bits per heavy atom. The van der Waals surface area contributed by atoms with Crippen molar-refractivity contribution in [1.29, 1.82) is 0 Å². The summed E-state index contributed by atoms with van der Waals surface area (Å²) >= 11 is 0. The Labute approximate surface area is 197 Å². The van der Waals surface area contributed by atoms with Crippen LogP contribution in [0.1, 0.15) is 48.3 Å². The van der Waals surface area contributed by atoms with Crippen molar-refractivity contribution in [3.63, 3.8) is 0 Å². The Balaban J connectivity index is 1.16. The minimum Gasteiger partial charge on any atom is -0.397 e. The zero-order valence-electron chi connectivity index (χ0n) is 18.9. The normalized spacial score (nSPS) is 21.5. The number of nitrogens with one attached hydrogen (secondary N) is 2. The van der Waals surface area contributed by atoms with Crippen molar-refractivity contribution in [3.05, 3.63) is 66.0 Å². The molecule has 2 fully saturated rings. The number of rotatable bonds is 7. The van der Waals surface area contributed by atoms with Gasteiger partial charge in [0, 0.05) is 37.2 Å². The zero-order valence-corrected chi connectivity index (χ0v) is 18.9. The Kier molecular flexibility index (Phi) is 7.11. The first-order valence-corrected chi connectivity index (χ1v) is 11.5. The monoisotopic (exact) mass is 473 g/mol. The molecule has 1 amide bonds. The minimum atomic E-state index is -4.42. The van der Waals surface area contributed by atoms with Gasteiger partial charge in [-0.15, -0.1) is 0 Å². The lowest BCUT2D eigenvalue weighted by Crippen LogP contribution is -2.63. The van der Waals surface area contributed by atoms with Gasteiger partial charge in [0.15, 0.2) is 0 Å². The van der Waals surface area contributed by atoms with Gasteiger partial charge in [0.25, 0.3) is 0 Å². The van der Waals surface area contributed by atoms with Gasteiger partial charge in [-0.3, -0.25) is 14.7 Å². The van der Waals surface area contributed by atoms with Crippen LogP contribution in [0.5, 0.6) is 0 Å². The van der Waals surface area contributed by atoms with Gasteiger partial charge in [-0.2, -0.15) is 13.2 Å². The summed E-state index contributed by atoms with van der Waals surface area (Å²) in [6, 6.07) is 7.52. The van der Waals surface area contributed by atoms with E-state index < -0.39 is 11.7 Å². The van der Waals surface area contributed by atoms with E-state index in [1.807, 2.05) is 12.3 Å². The van der Waals surface area contributed by atoms with Gasteiger partial charge in [-0.05, 0) is 60.9 Å². The highest BCUT2D eigenvalue weighted by molar-refractivity contribution is 5.80. The lowest BCUT2D eigenvalue weighted by molar-refractivity contribution is -0.137. The van der Waals surface area contributed by atoms with Crippen LogP contribution in [0.2, 0.25) is 0 Å². The fourth-order valence-corrected chi connectivity index (χ4v) is 4.83. The van der Waals surface area contributed by atoms with E-state index in [0.717, 1.165) is 50.9 Å². The number of pyridine rings is 1. The maximum absolute atomic E-state index is 12.9. The molecule has 0 spiro atoms. The van der Waals surface area contributed by atoms with Crippen molar-refractivity contribution in [2.24, 2.45) is 0 Å². The largest absolute Gasteiger partial charge is 0.416 e. The van der Waals surface area contributed by atoms with E-state index >= 15 is 0 Å². The second-order valence-electron chi connectivity index (χ2n) is 9.19. The van der Waals surface area contributed by atoms with Crippen LogP contribution < -0.4 is 16.4 Å². The molecule has 0 atom stereocenters. The molecular formula is C25H30F3N5O. The van der Waals surface area contributed by atoms with Crippen molar-refractivity contribution in [3.8, 4) is 0 Å². The number of hydrogen-bond acceptors (Lipinski definition) is 5. The van der Waals surface area contributed by atoms with Gasteiger partial charge in [-0.1, -0.05) is 18.7 Å². The average Bonchev–Trinajstić information content (AvgIpc) is 2.79. The van der Waals surface area contributed by atoms with E-state index in [9.17, 15) is 18.0 Å². The molecule has 1 aromatic carbocycles. The summed E-state index contributed by atoms with van der Waals surface area (Å²) in [5.41, 5.74) is 7.62. The predicted molar refractivity (Wildman–Crippen MR) is 126 cm³/mol. The van der Waals surface area contributed by atoms with E-state index in [1.54, 1.807) is 6.20 Å². The number of halogens is 3. The number of benzene rings is 1. The number of aromatic nitrogens is 1. The number of carbonyl (C=O) groups excluding carboxylic acids is 1. The molecule has 2 heterocycles. The summed E-state index contributed by atoms with van der Waals surface area (Å²) in [6.45, 7) is 5.35. The van der Waals surface area contributed by atoms with Crippen LogP contribution in [0.4, 0.5) is 18.9 Å². The highest BCUT2D eigenvalue weighted by Gasteiger charge is 2.35. The average molecular weight is 474 g/mol. The number of amides is 1. The highest BCUT2D eigenvalue weighted by Crippen LogP contribution is 2.36. The SMILES string of the molecule is C=C(NCC(=O)NC1CN([C@H]2CC[C@@H](c3cncc(N)c3)CC2)C1)c1cccc(C(F)(F)F)c1. The third kappa shape index (κ3) is 5.88. The topological polar surface area (TPSA) is 83.3 Å². The fraction of sp³-hybridized carbons (Fsp3) is 0.440. The van der Waals surface area contributed by atoms with Gasteiger partial charge < -0.3 is 16.4 Å². The molecule has 1 aliphatic carbocycles. The van der Waals surface area contributed by atoms with Crippen molar-refractivity contribution in [1.82, 2.24) is 20.5 Å². The zero-order chi connectivity index (χ0) is 24.3. The first-order chi connectivity index (χ1) is 16.2. The quantitative estimate of drug-likeness (QED) is 0.570. The highest BCUT2D eigenvalue weighted by atomic mass is 19.4. The van der Waals surface area contributed by atoms with E-state index in [0.29, 0.717) is 23.2 Å². The smallest absolute Gasteiger partial charge is 0.397 e. The second-order valence-corrected chi connectivity index (χ2v) is 9.19. The molecule has 1 saturated carbocycles. The Bertz CT molecular complexity index is 1030. The molecule has 4 N–H and O–H groups in total. The van der Waals surface area contributed by atoms with Crippen LogP contribution in [-0.4, -0.2) is 47.5 Å². The van der Waals surface area contributed by atoms with Crippen molar-refractivity contribution < 1.29 is 18.0 Å². The lowest BCUT2D eigenvalue weighted by Gasteiger charge is -2.46. The molecule has 1 aliphatic heterocycles. The number of alkyl halides is 3. The molecule has 1 saturated heterocycles. The van der Waals surface area contributed by atoms with Gasteiger partial charge >= 0.3 is 6.18 Å². The summed E-state index contributed by atoms with van der Waals surface area (Å²) in [6.07, 6.45) is 3.58. The van der Waals surface area contributed by atoms with Gasteiger partial charge in [0.2, 0.25) is 5.91 Å². The molecule has 9 heteroatoms. The van der Waals surface area contributed by atoms with Crippen LogP contribution in [0.15, 0.2) is 49.3 Å². The molecular weight excluding hydrogens is 443 g/mol. The van der Waals surface area contributed by atoms with Gasteiger partial charge in [-0.25, -0.2) is 0 Å². The first-order valence-electron chi connectivity index (χ1n) is 11.5. The van der Waals surface area contributed by atoms with Crippen LogP contribution >= 0.6 is 0 Å². The summed E-state index contributed by atoms with van der Waals surface area (Å²) in [7, 11) is 0. The molecule has 34 heavy (non-hydrogen) atoms. The molecule has 6 nitrogen and oxygen atoms in total. The Hall–Kier alpha value is -3.07. The lowest BCUT2D eigenvalue weighted by atomic mass is 9.80. The van der Waals surface area contributed by atoms with Gasteiger partial charge in [0.05, 0.1) is 23.8 Å². The van der Waals surface area contributed by atoms with Crippen LogP contribution in [0.25, 0.3) is 5.70 Å². The molecule has 0 unspecified atom stereocenters. The van der Waals surface area contributed by atoms with Crippen LogP contribution in [0.3, 0.4) is 0 Å². The fourth-order valence-electron chi connectivity index (χ4n) is 4.83. The van der Waals surface area contributed by atoms with Crippen molar-refractivity contribution in [2.45, 2.75) is 49.9 Å². The number of hydrogen-bond donors (Lipinski definition) is 3. The number of nitrogens with zero attached hydrogens (tertiary/aromatic N) is 2. The second kappa shape index (κ2) is 10.0. The summed E-state index contributed by atoms with van der Waals surface area (Å²) < 4.78 is 38.7. The predicted octanol–water partition coefficient (Wildman–Crippen LogP) is 3.77. The summed E-state index contributed by atoms with van der Waals surface area (Å²) in [4.78, 5) is 18.9. The van der Waals surface area contributed by atoms with E-state index in [4.69, 9.17) is 5.73 Å². The Morgan fingerprint density at radius 3 is 2.56 bits per heavy atom. The minimum absolute atomic E-state index is 0.0368. The van der Waals surface area contributed by atoms with Gasteiger partial charge in [0.1, 0.15) is 0 Å². The molecule has 0 bridgehead atoms. The van der Waals surface area contributed by atoms with E-state index in [-0.39, 0.29) is 24.2 Å². The molecule has 2 aliphatic rings. The molecule has 0 radical (unpaired) electrons. The number of likely N-dealkylation sites (tertiary alicyclic amines) is 1. The van der Waals surface area contributed by atoms with Crippen LogP contribution in [0, 0.1) is 0 Å². The Morgan fingerprint density at radius 1 is 1.15 bits per heavy atom. The number of nitrogens with two attached hydrogens (primary N) is 1. The summed E-state index contributed by atoms with van der Waals surface area (Å²) in [5.74, 6) is 0.302. The number of nitrogen functional groups attached to an aromatic ring is 1. The van der Waals surface area contributed by atoms with E-state index in [1.165, 1.54) is 17.7 Å². The number of carbonyl (C=O) groups is 1. The van der Waals surface area contributed by atoms with E-state index in [2.05, 4.69) is 27.1 Å². The standard InChI is InChI=1S/C25H30F3N5O/c1-16(18-3-2-4-20(9-18)25(26,27)28)31-13-24(34)32-22-14-33(15-22)23-7-5-17(6-8-23)19-10-21(29)12-30-11-19/h2-4,9-12,17,22-23,31H,1,5-8,13-15,29H2,(H,32,34)/t17-,23+. The number of anilines is 1. The molecule has 2 aromatic rings. The first kappa shape index (κ1) is 24.1. The molecule has 4 rings (SSSR count). The van der Waals surface area contributed by atoms with Crippen molar-refractivity contribution >= 4 is 17.3 Å². The van der Waals surface area contributed by atoms with Crippen LogP contribution in [-0.2, 0) is 11.0 Å². The third-order valence-electron chi connectivity index (χ3n) is 6.74. The summed E-state index contributed by atoms with van der Waals surface area (Å²) in [5, 5.41) is 5.81. The maximum atomic E-state index is 12.9. The third-order valence-corrected chi connectivity index (χ3v) is 6.74.